The third-order valence-corrected chi connectivity index (χ3v) is 5.76. The van der Waals surface area contributed by atoms with Gasteiger partial charge in [0.15, 0.2) is 0 Å². The number of hydrogen-bond donors (Lipinski definition) is 1. The van der Waals surface area contributed by atoms with E-state index in [1.54, 1.807) is 5.01 Å². The smallest absolute Gasteiger partial charge is 0.240 e. The second-order valence-corrected chi connectivity index (χ2v) is 7.62. The number of hydrazine groups is 1. The molecule has 0 aromatic heterocycles. The van der Waals surface area contributed by atoms with Crippen molar-refractivity contribution in [1.29, 1.82) is 0 Å². The number of benzene rings is 2. The largest absolute Gasteiger partial charge is 0.282 e. The minimum atomic E-state index is -0.242. The van der Waals surface area contributed by atoms with E-state index < -0.39 is 0 Å². The van der Waals surface area contributed by atoms with Crippen molar-refractivity contribution in [2.75, 3.05) is 11.6 Å². The van der Waals surface area contributed by atoms with Gasteiger partial charge in [-0.25, -0.2) is 0 Å². The molecule has 2 aromatic rings. The molecule has 2 fully saturated rings. The maximum atomic E-state index is 12.7. The Labute approximate surface area is 170 Å². The van der Waals surface area contributed by atoms with Crippen molar-refractivity contribution in [3.05, 3.63) is 60.7 Å². The standard InChI is InChI=1S/C23H25N3O3/c27-21(15-16-25-22(28)19-13-7-8-14-20(19)23(25)29)24-26(17-9-3-1-4-10-17)18-11-5-2-6-12-18/h1-6,9-12,19-20H,7-8,13-16H2,(H,24,27)/t19-,20-/m0/s1. The number of amides is 3. The molecule has 4 rings (SSSR count). The molecule has 3 amide bonds. The van der Waals surface area contributed by atoms with E-state index in [4.69, 9.17) is 0 Å². The van der Waals surface area contributed by atoms with Crippen LogP contribution >= 0.6 is 0 Å². The summed E-state index contributed by atoms with van der Waals surface area (Å²) in [7, 11) is 0. The van der Waals surface area contributed by atoms with E-state index >= 15 is 0 Å². The molecular formula is C23H25N3O3. The highest BCUT2D eigenvalue weighted by atomic mass is 16.2. The average Bonchev–Trinajstić information content (AvgIpc) is 3.02. The van der Waals surface area contributed by atoms with Gasteiger partial charge in [-0.05, 0) is 37.1 Å². The Balaban J connectivity index is 1.42. The molecule has 6 nitrogen and oxygen atoms in total. The van der Waals surface area contributed by atoms with Crippen LogP contribution in [0.5, 0.6) is 0 Å². The van der Waals surface area contributed by atoms with E-state index in [2.05, 4.69) is 5.43 Å². The van der Waals surface area contributed by atoms with Gasteiger partial charge in [0.2, 0.25) is 17.7 Å². The van der Waals surface area contributed by atoms with Gasteiger partial charge in [0.05, 0.1) is 23.2 Å². The van der Waals surface area contributed by atoms with Gasteiger partial charge in [-0.1, -0.05) is 49.2 Å². The number of carbonyl (C=O) groups is 3. The second-order valence-electron chi connectivity index (χ2n) is 7.62. The predicted octanol–water partition coefficient (Wildman–Crippen LogP) is 3.42. The maximum Gasteiger partial charge on any atom is 0.240 e. The molecule has 1 aliphatic heterocycles. The van der Waals surface area contributed by atoms with Gasteiger partial charge in [0, 0.05) is 13.0 Å². The summed E-state index contributed by atoms with van der Waals surface area (Å²) in [5.41, 5.74) is 4.56. The molecule has 150 valence electrons. The quantitative estimate of drug-likeness (QED) is 0.605. The molecule has 1 N–H and O–H groups in total. The van der Waals surface area contributed by atoms with Crippen LogP contribution in [-0.4, -0.2) is 29.2 Å². The Morgan fingerprint density at radius 3 is 1.83 bits per heavy atom. The van der Waals surface area contributed by atoms with Gasteiger partial charge in [-0.2, -0.15) is 0 Å². The number of anilines is 2. The molecule has 6 heteroatoms. The molecule has 1 saturated heterocycles. The molecule has 0 radical (unpaired) electrons. The van der Waals surface area contributed by atoms with Crippen molar-refractivity contribution >= 4 is 29.1 Å². The number of para-hydroxylation sites is 2. The predicted molar refractivity (Wildman–Crippen MR) is 110 cm³/mol. The van der Waals surface area contributed by atoms with E-state index in [-0.39, 0.29) is 42.5 Å². The van der Waals surface area contributed by atoms with E-state index in [9.17, 15) is 14.4 Å². The van der Waals surface area contributed by atoms with E-state index in [0.717, 1.165) is 37.1 Å². The lowest BCUT2D eigenvalue weighted by Gasteiger charge is -2.26. The molecule has 0 unspecified atom stereocenters. The first-order valence-electron chi connectivity index (χ1n) is 10.2. The van der Waals surface area contributed by atoms with Crippen LogP contribution in [0.4, 0.5) is 11.4 Å². The maximum absolute atomic E-state index is 12.7. The molecule has 2 aliphatic rings. The topological polar surface area (TPSA) is 69.7 Å². The molecule has 0 spiro atoms. The summed E-state index contributed by atoms with van der Waals surface area (Å²) >= 11 is 0. The van der Waals surface area contributed by atoms with Crippen LogP contribution in [0.1, 0.15) is 32.1 Å². The zero-order valence-corrected chi connectivity index (χ0v) is 16.3. The summed E-state index contributed by atoms with van der Waals surface area (Å²) in [6, 6.07) is 19.1. The van der Waals surface area contributed by atoms with Gasteiger partial charge in [0.25, 0.3) is 0 Å². The van der Waals surface area contributed by atoms with Crippen molar-refractivity contribution < 1.29 is 14.4 Å². The first kappa shape index (κ1) is 19.2. The van der Waals surface area contributed by atoms with Crippen LogP contribution in [0, 0.1) is 11.8 Å². The number of rotatable bonds is 6. The number of likely N-dealkylation sites (tertiary alicyclic amines) is 1. The van der Waals surface area contributed by atoms with Crippen LogP contribution in [0.15, 0.2) is 60.7 Å². The van der Waals surface area contributed by atoms with Crippen LogP contribution in [-0.2, 0) is 14.4 Å². The first-order valence-corrected chi connectivity index (χ1v) is 10.2. The lowest BCUT2D eigenvalue weighted by atomic mass is 9.81. The molecule has 29 heavy (non-hydrogen) atoms. The van der Waals surface area contributed by atoms with Gasteiger partial charge in [-0.3, -0.25) is 29.7 Å². The van der Waals surface area contributed by atoms with Gasteiger partial charge < -0.3 is 0 Å². The van der Waals surface area contributed by atoms with Gasteiger partial charge in [-0.15, -0.1) is 0 Å². The highest BCUT2D eigenvalue weighted by molar-refractivity contribution is 6.05. The lowest BCUT2D eigenvalue weighted by Crippen LogP contribution is -2.41. The summed E-state index contributed by atoms with van der Waals surface area (Å²) in [5, 5.41) is 1.72. The zero-order chi connectivity index (χ0) is 20.2. The molecule has 2 aromatic carbocycles. The minimum Gasteiger partial charge on any atom is -0.282 e. The fourth-order valence-electron chi connectivity index (χ4n) is 4.28. The monoisotopic (exact) mass is 391 g/mol. The molecule has 0 bridgehead atoms. The van der Waals surface area contributed by atoms with E-state index in [0.29, 0.717) is 0 Å². The fourth-order valence-corrected chi connectivity index (χ4v) is 4.28. The molecule has 1 aliphatic carbocycles. The molecule has 1 heterocycles. The van der Waals surface area contributed by atoms with Crippen molar-refractivity contribution in [3.63, 3.8) is 0 Å². The van der Waals surface area contributed by atoms with E-state index in [1.165, 1.54) is 4.90 Å². The molecular weight excluding hydrogens is 366 g/mol. The Hall–Kier alpha value is -3.15. The number of nitrogens with one attached hydrogen (secondary N) is 1. The van der Waals surface area contributed by atoms with Gasteiger partial charge in [0.1, 0.15) is 0 Å². The zero-order valence-electron chi connectivity index (χ0n) is 16.3. The summed E-state index contributed by atoms with van der Waals surface area (Å²) < 4.78 is 0. The Morgan fingerprint density at radius 1 is 0.862 bits per heavy atom. The average molecular weight is 391 g/mol. The Kier molecular flexibility index (Phi) is 5.60. The third-order valence-electron chi connectivity index (χ3n) is 5.76. The number of imide groups is 1. The molecule has 1 saturated carbocycles. The van der Waals surface area contributed by atoms with Crippen LogP contribution in [0.3, 0.4) is 0 Å². The van der Waals surface area contributed by atoms with Crippen molar-refractivity contribution in [2.24, 2.45) is 11.8 Å². The summed E-state index contributed by atoms with van der Waals surface area (Å²) in [5.74, 6) is -0.798. The van der Waals surface area contributed by atoms with Crippen molar-refractivity contribution in [2.45, 2.75) is 32.1 Å². The highest BCUT2D eigenvalue weighted by Gasteiger charge is 2.47. The number of carbonyl (C=O) groups excluding carboxylic acids is 3. The summed E-state index contributed by atoms with van der Waals surface area (Å²) in [6.45, 7) is 0.133. The van der Waals surface area contributed by atoms with Crippen LogP contribution < -0.4 is 10.4 Å². The number of hydrogen-bond acceptors (Lipinski definition) is 4. The third kappa shape index (κ3) is 4.01. The van der Waals surface area contributed by atoms with Crippen molar-refractivity contribution in [1.82, 2.24) is 10.3 Å². The summed E-state index contributed by atoms with van der Waals surface area (Å²) in [4.78, 5) is 39.2. The molecule has 2 atom stereocenters. The van der Waals surface area contributed by atoms with Gasteiger partial charge >= 0.3 is 0 Å². The fraction of sp³-hybridized carbons (Fsp3) is 0.348. The number of nitrogens with zero attached hydrogens (tertiary/aromatic N) is 2. The SMILES string of the molecule is O=C(CCN1C(=O)[C@H]2CCCC[C@@H]2C1=O)NN(c1ccccc1)c1ccccc1. The van der Waals surface area contributed by atoms with Crippen molar-refractivity contribution in [3.8, 4) is 0 Å². The second kappa shape index (κ2) is 8.47. The van der Waals surface area contributed by atoms with Crippen LogP contribution in [0.2, 0.25) is 0 Å². The first-order chi connectivity index (χ1) is 14.1. The minimum absolute atomic E-state index is 0.0765. The van der Waals surface area contributed by atoms with E-state index in [1.807, 2.05) is 60.7 Å². The Morgan fingerprint density at radius 2 is 1.34 bits per heavy atom. The lowest BCUT2D eigenvalue weighted by molar-refractivity contribution is -0.140. The Bertz CT molecular complexity index is 821. The summed E-state index contributed by atoms with van der Waals surface area (Å²) in [6.07, 6.45) is 3.64. The van der Waals surface area contributed by atoms with Crippen LogP contribution in [0.25, 0.3) is 0 Å². The normalized spacial score (nSPS) is 21.0. The highest BCUT2D eigenvalue weighted by Crippen LogP contribution is 2.38. The number of fused-ring (bicyclic) bond motifs is 1.